The van der Waals surface area contributed by atoms with E-state index in [-0.39, 0.29) is 5.97 Å². The van der Waals surface area contributed by atoms with Gasteiger partial charge in [0, 0.05) is 11.8 Å². The van der Waals surface area contributed by atoms with E-state index in [2.05, 4.69) is 0 Å². The van der Waals surface area contributed by atoms with Gasteiger partial charge in [-0.1, -0.05) is 78.9 Å². The molecule has 29 heavy (non-hydrogen) atoms. The summed E-state index contributed by atoms with van der Waals surface area (Å²) >= 11 is 0. The molecule has 1 fully saturated rings. The summed E-state index contributed by atoms with van der Waals surface area (Å²) in [7, 11) is 0. The van der Waals surface area contributed by atoms with Crippen LogP contribution in [0.1, 0.15) is 28.5 Å². The first kappa shape index (κ1) is 18.9. The molecule has 0 spiro atoms. The van der Waals surface area contributed by atoms with Gasteiger partial charge < -0.3 is 9.84 Å². The molecule has 3 aromatic carbocycles. The fraction of sp³-hybridized carbons (Fsp3) is 0.200. The summed E-state index contributed by atoms with van der Waals surface area (Å²) in [6.07, 6.45) is 0. The van der Waals surface area contributed by atoms with E-state index in [0.717, 1.165) is 16.7 Å². The van der Waals surface area contributed by atoms with Crippen LogP contribution in [-0.4, -0.2) is 17.0 Å². The molecule has 0 aromatic heterocycles. The summed E-state index contributed by atoms with van der Waals surface area (Å²) in [5.74, 6) is -2.90. The lowest BCUT2D eigenvalue weighted by Crippen LogP contribution is -2.52. The number of esters is 1. The maximum Gasteiger partial charge on any atom is 0.315 e. The van der Waals surface area contributed by atoms with Crippen molar-refractivity contribution in [2.75, 3.05) is 0 Å². The van der Waals surface area contributed by atoms with Gasteiger partial charge >= 0.3 is 11.9 Å². The first-order valence-electron chi connectivity index (χ1n) is 9.68. The number of para-hydroxylation sites is 1. The minimum Gasteiger partial charge on any atom is -0.481 e. The van der Waals surface area contributed by atoms with Crippen LogP contribution in [-0.2, 0) is 9.59 Å². The smallest absolute Gasteiger partial charge is 0.315 e. The van der Waals surface area contributed by atoms with E-state index in [1.165, 1.54) is 0 Å². The molecule has 0 amide bonds. The van der Waals surface area contributed by atoms with Crippen LogP contribution in [0.25, 0.3) is 0 Å². The van der Waals surface area contributed by atoms with Gasteiger partial charge in [0.05, 0.1) is 11.8 Å². The minimum absolute atomic E-state index is 0.389. The molecule has 1 N–H and O–H groups in total. The number of rotatable bonds is 5. The monoisotopic (exact) mass is 386 g/mol. The number of carboxylic acids is 1. The molecule has 4 nitrogen and oxygen atoms in total. The molecule has 146 valence electrons. The Morgan fingerprint density at radius 1 is 0.724 bits per heavy atom. The first-order valence-corrected chi connectivity index (χ1v) is 9.68. The van der Waals surface area contributed by atoms with Crippen molar-refractivity contribution in [1.82, 2.24) is 0 Å². The number of ether oxygens (including phenoxy) is 1. The van der Waals surface area contributed by atoms with Crippen LogP contribution >= 0.6 is 0 Å². The summed E-state index contributed by atoms with van der Waals surface area (Å²) < 4.78 is 5.75. The van der Waals surface area contributed by atoms with Gasteiger partial charge in [-0.05, 0) is 29.7 Å². The molecule has 0 saturated heterocycles. The van der Waals surface area contributed by atoms with Gasteiger partial charge in [-0.2, -0.15) is 0 Å². The van der Waals surface area contributed by atoms with Crippen LogP contribution < -0.4 is 4.74 Å². The van der Waals surface area contributed by atoms with Crippen molar-refractivity contribution in [2.45, 2.75) is 18.8 Å². The van der Waals surface area contributed by atoms with Crippen molar-refractivity contribution in [3.8, 4) is 5.75 Å². The molecule has 3 aromatic rings. The molecular weight excluding hydrogens is 364 g/mol. The Kier molecular flexibility index (Phi) is 5.17. The number of aryl methyl sites for hydroxylation is 1. The van der Waals surface area contributed by atoms with E-state index in [1.54, 1.807) is 6.07 Å². The zero-order chi connectivity index (χ0) is 20.4. The highest BCUT2D eigenvalue weighted by Gasteiger charge is 2.59. The number of carbonyl (C=O) groups excluding carboxylic acids is 1. The molecule has 1 aliphatic rings. The Labute approximate surface area is 169 Å². The Hall–Kier alpha value is -3.40. The van der Waals surface area contributed by atoms with E-state index in [0.29, 0.717) is 5.75 Å². The molecule has 1 aliphatic carbocycles. The van der Waals surface area contributed by atoms with Gasteiger partial charge in [-0.25, -0.2) is 0 Å². The van der Waals surface area contributed by atoms with Gasteiger partial charge in [-0.3, -0.25) is 9.59 Å². The number of hydrogen-bond donors (Lipinski definition) is 1. The third-order valence-electron chi connectivity index (χ3n) is 5.78. The number of hydrogen-bond acceptors (Lipinski definition) is 3. The SMILES string of the molecule is Cc1ccccc1OC(=O)C1[C@H](c2ccccc2)C(C(=O)O)[C@H]1c1ccccc1. The molecule has 4 rings (SSSR count). The average Bonchev–Trinajstić information content (AvgIpc) is 2.70. The Morgan fingerprint density at radius 2 is 1.21 bits per heavy atom. The molecular formula is C25H22O4. The van der Waals surface area contributed by atoms with Crippen LogP contribution in [0.15, 0.2) is 84.9 Å². The lowest BCUT2D eigenvalue weighted by atomic mass is 9.52. The topological polar surface area (TPSA) is 63.6 Å². The average molecular weight is 386 g/mol. The molecule has 0 unspecified atom stereocenters. The van der Waals surface area contributed by atoms with Crippen molar-refractivity contribution in [1.29, 1.82) is 0 Å². The van der Waals surface area contributed by atoms with E-state index in [9.17, 15) is 14.7 Å². The number of carbonyl (C=O) groups is 2. The number of aliphatic carboxylic acids is 1. The zero-order valence-electron chi connectivity index (χ0n) is 16.1. The highest BCUT2D eigenvalue weighted by molar-refractivity contribution is 5.85. The van der Waals surface area contributed by atoms with Crippen molar-refractivity contribution in [2.24, 2.45) is 11.8 Å². The van der Waals surface area contributed by atoms with E-state index < -0.39 is 29.6 Å². The molecule has 0 radical (unpaired) electrons. The van der Waals surface area contributed by atoms with Crippen LogP contribution in [0, 0.1) is 18.8 Å². The fourth-order valence-corrected chi connectivity index (χ4v) is 4.38. The summed E-state index contributed by atoms with van der Waals surface area (Å²) in [5, 5.41) is 9.98. The standard InChI is InChI=1S/C25H22O4/c1-16-10-8-9-15-19(16)29-25(28)23-20(17-11-4-2-5-12-17)22(24(26)27)21(23)18-13-6-3-7-14-18/h2-15,20-23H,1H3,(H,26,27)/t20-,21-,22?,23?/m1/s1. The van der Waals surface area contributed by atoms with Crippen molar-refractivity contribution >= 4 is 11.9 Å². The summed E-state index contributed by atoms with van der Waals surface area (Å²) in [6.45, 7) is 1.88. The third kappa shape index (κ3) is 3.54. The molecule has 0 heterocycles. The molecule has 0 bridgehead atoms. The highest BCUT2D eigenvalue weighted by Crippen LogP contribution is 2.58. The Bertz CT molecular complexity index is 966. The van der Waals surface area contributed by atoms with E-state index in [1.807, 2.05) is 85.8 Å². The largest absolute Gasteiger partial charge is 0.481 e. The lowest BCUT2D eigenvalue weighted by molar-refractivity contribution is -0.158. The van der Waals surface area contributed by atoms with Crippen LogP contribution in [0.3, 0.4) is 0 Å². The zero-order valence-corrected chi connectivity index (χ0v) is 16.1. The van der Waals surface area contributed by atoms with Gasteiger partial charge in [-0.15, -0.1) is 0 Å². The predicted octanol–water partition coefficient (Wildman–Crippen LogP) is 4.80. The number of carboxylic acid groups (broad SMARTS) is 1. The summed E-state index contributed by atoms with van der Waals surface area (Å²) in [4.78, 5) is 25.4. The molecule has 1 saturated carbocycles. The molecule has 2 atom stereocenters. The van der Waals surface area contributed by atoms with Crippen LogP contribution in [0.5, 0.6) is 5.75 Å². The summed E-state index contributed by atoms with van der Waals surface area (Å²) in [5.41, 5.74) is 2.56. The van der Waals surface area contributed by atoms with Gasteiger partial charge in [0.25, 0.3) is 0 Å². The van der Waals surface area contributed by atoms with Crippen LogP contribution in [0.4, 0.5) is 0 Å². The normalized spacial score (nSPS) is 23.1. The Balaban J connectivity index is 1.74. The second-order valence-corrected chi connectivity index (χ2v) is 7.45. The fourth-order valence-electron chi connectivity index (χ4n) is 4.38. The quantitative estimate of drug-likeness (QED) is 0.505. The minimum atomic E-state index is -0.896. The maximum absolute atomic E-state index is 13.3. The van der Waals surface area contributed by atoms with Crippen LogP contribution in [0.2, 0.25) is 0 Å². The lowest BCUT2D eigenvalue weighted by Gasteiger charge is -2.49. The van der Waals surface area contributed by atoms with E-state index >= 15 is 0 Å². The molecule has 4 heteroatoms. The van der Waals surface area contributed by atoms with Gasteiger partial charge in [0.15, 0.2) is 0 Å². The third-order valence-corrected chi connectivity index (χ3v) is 5.78. The second kappa shape index (κ2) is 7.92. The van der Waals surface area contributed by atoms with E-state index in [4.69, 9.17) is 4.74 Å². The van der Waals surface area contributed by atoms with Gasteiger partial charge in [0.2, 0.25) is 0 Å². The van der Waals surface area contributed by atoms with Gasteiger partial charge in [0.1, 0.15) is 5.75 Å². The van der Waals surface area contributed by atoms with Crippen molar-refractivity contribution < 1.29 is 19.4 Å². The second-order valence-electron chi connectivity index (χ2n) is 7.45. The first-order chi connectivity index (χ1) is 14.1. The highest BCUT2D eigenvalue weighted by atomic mass is 16.5. The number of benzene rings is 3. The predicted molar refractivity (Wildman–Crippen MR) is 110 cm³/mol. The van der Waals surface area contributed by atoms with Crippen molar-refractivity contribution in [3.05, 3.63) is 102 Å². The Morgan fingerprint density at radius 3 is 1.69 bits per heavy atom. The molecule has 0 aliphatic heterocycles. The maximum atomic E-state index is 13.3. The van der Waals surface area contributed by atoms with Crippen molar-refractivity contribution in [3.63, 3.8) is 0 Å². The summed E-state index contributed by atoms with van der Waals surface area (Å²) in [6, 6.07) is 26.1.